The average molecular weight is 208 g/mol. The Balaban J connectivity index is 2.46. The molecular formula is C10H16N4O. The summed E-state index contributed by atoms with van der Waals surface area (Å²) < 4.78 is 0. The van der Waals surface area contributed by atoms with E-state index in [0.717, 1.165) is 5.82 Å². The summed E-state index contributed by atoms with van der Waals surface area (Å²) in [5.74, 6) is 1.43. The molecular weight excluding hydrogens is 192 g/mol. The van der Waals surface area contributed by atoms with Crippen LogP contribution in [0.4, 0.5) is 11.6 Å². The maximum Gasteiger partial charge on any atom is 0.239 e. The monoisotopic (exact) mass is 208 g/mol. The molecule has 1 rings (SSSR count). The quantitative estimate of drug-likeness (QED) is 0.665. The third-order valence-electron chi connectivity index (χ3n) is 1.81. The number of rotatable bonds is 5. The van der Waals surface area contributed by atoms with E-state index >= 15 is 0 Å². The summed E-state index contributed by atoms with van der Waals surface area (Å²) >= 11 is 0. The highest BCUT2D eigenvalue weighted by atomic mass is 16.1. The van der Waals surface area contributed by atoms with Gasteiger partial charge >= 0.3 is 0 Å². The fourth-order valence-electron chi connectivity index (χ4n) is 1.10. The second-order valence-electron chi connectivity index (χ2n) is 2.97. The molecule has 1 heterocycles. The highest BCUT2D eigenvalue weighted by molar-refractivity contribution is 5.80. The predicted octanol–water partition coefficient (Wildman–Crippen LogP) is 0.671. The Bertz CT molecular complexity index is 327. The van der Waals surface area contributed by atoms with Gasteiger partial charge in [0.15, 0.2) is 0 Å². The Kier molecular flexibility index (Phi) is 4.40. The van der Waals surface area contributed by atoms with Gasteiger partial charge in [0.1, 0.15) is 11.6 Å². The van der Waals surface area contributed by atoms with Crippen LogP contribution < -0.4 is 16.0 Å². The van der Waals surface area contributed by atoms with E-state index in [1.165, 1.54) is 0 Å². The summed E-state index contributed by atoms with van der Waals surface area (Å²) in [6, 6.07) is 5.55. The van der Waals surface area contributed by atoms with E-state index in [-0.39, 0.29) is 12.5 Å². The van der Waals surface area contributed by atoms with Gasteiger partial charge in [-0.05, 0) is 19.1 Å². The van der Waals surface area contributed by atoms with Crippen LogP contribution in [0.1, 0.15) is 6.92 Å². The number of anilines is 2. The van der Waals surface area contributed by atoms with E-state index in [0.29, 0.717) is 12.4 Å². The Morgan fingerprint density at radius 1 is 1.40 bits per heavy atom. The predicted molar refractivity (Wildman–Crippen MR) is 61.0 cm³/mol. The van der Waals surface area contributed by atoms with E-state index < -0.39 is 0 Å². The summed E-state index contributed by atoms with van der Waals surface area (Å²) in [4.78, 5) is 15.4. The minimum Gasteiger partial charge on any atom is -0.373 e. The molecule has 0 bridgehead atoms. The first-order valence-corrected chi connectivity index (χ1v) is 4.91. The largest absolute Gasteiger partial charge is 0.373 e. The maximum absolute atomic E-state index is 11.2. The van der Waals surface area contributed by atoms with Crippen LogP contribution in [0.3, 0.4) is 0 Å². The third-order valence-corrected chi connectivity index (χ3v) is 1.81. The molecule has 0 unspecified atom stereocenters. The van der Waals surface area contributed by atoms with Gasteiger partial charge in [0.25, 0.3) is 0 Å². The molecule has 5 heteroatoms. The van der Waals surface area contributed by atoms with Gasteiger partial charge in [-0.15, -0.1) is 0 Å². The normalized spacial score (nSPS) is 9.47. The molecule has 0 aliphatic carbocycles. The van der Waals surface area contributed by atoms with Crippen molar-refractivity contribution < 1.29 is 4.79 Å². The van der Waals surface area contributed by atoms with E-state index in [4.69, 9.17) is 0 Å². The number of aromatic nitrogens is 1. The summed E-state index contributed by atoms with van der Waals surface area (Å²) in [7, 11) is 1.80. The Morgan fingerprint density at radius 2 is 2.13 bits per heavy atom. The zero-order valence-electron chi connectivity index (χ0n) is 9.00. The number of pyridine rings is 1. The summed E-state index contributed by atoms with van der Waals surface area (Å²) in [5, 5.41) is 8.57. The Morgan fingerprint density at radius 3 is 2.80 bits per heavy atom. The summed E-state index contributed by atoms with van der Waals surface area (Å²) in [5.41, 5.74) is 0. The van der Waals surface area contributed by atoms with Crippen molar-refractivity contribution in [2.45, 2.75) is 6.92 Å². The van der Waals surface area contributed by atoms with E-state index in [1.807, 2.05) is 25.1 Å². The number of carbonyl (C=O) groups excluding carboxylic acids is 1. The fourth-order valence-corrected chi connectivity index (χ4v) is 1.10. The molecule has 0 saturated carbocycles. The molecule has 82 valence electrons. The van der Waals surface area contributed by atoms with Gasteiger partial charge in [-0.1, -0.05) is 6.07 Å². The molecule has 0 aromatic carbocycles. The molecule has 0 radical (unpaired) electrons. The molecule has 1 aromatic rings. The summed E-state index contributed by atoms with van der Waals surface area (Å²) in [6.45, 7) is 2.77. The average Bonchev–Trinajstić information content (AvgIpc) is 2.27. The van der Waals surface area contributed by atoms with Gasteiger partial charge in [-0.3, -0.25) is 4.79 Å². The minimum atomic E-state index is -0.0332. The van der Waals surface area contributed by atoms with Crippen LogP contribution in [-0.4, -0.2) is 31.0 Å². The number of nitrogens with one attached hydrogen (secondary N) is 3. The zero-order chi connectivity index (χ0) is 11.1. The molecule has 15 heavy (non-hydrogen) atoms. The van der Waals surface area contributed by atoms with Crippen LogP contribution in [0.25, 0.3) is 0 Å². The lowest BCUT2D eigenvalue weighted by atomic mass is 10.4. The van der Waals surface area contributed by atoms with Crippen LogP contribution in [0, 0.1) is 0 Å². The number of nitrogens with zero attached hydrogens (tertiary/aromatic N) is 1. The van der Waals surface area contributed by atoms with Crippen molar-refractivity contribution in [2.75, 3.05) is 30.8 Å². The SMILES string of the molecule is CCNC(=O)CNc1cccc(NC)n1. The van der Waals surface area contributed by atoms with Crippen molar-refractivity contribution >= 4 is 17.5 Å². The van der Waals surface area contributed by atoms with Crippen molar-refractivity contribution in [1.29, 1.82) is 0 Å². The first kappa shape index (κ1) is 11.3. The van der Waals surface area contributed by atoms with Gasteiger partial charge in [-0.2, -0.15) is 0 Å². The van der Waals surface area contributed by atoms with Crippen LogP contribution in [0.2, 0.25) is 0 Å². The lowest BCUT2D eigenvalue weighted by Crippen LogP contribution is -2.29. The summed E-state index contributed by atoms with van der Waals surface area (Å²) in [6.07, 6.45) is 0. The Labute approximate surface area is 89.3 Å². The van der Waals surface area contributed by atoms with E-state index in [1.54, 1.807) is 7.05 Å². The Hall–Kier alpha value is -1.78. The first-order chi connectivity index (χ1) is 7.26. The minimum absolute atomic E-state index is 0.0332. The van der Waals surface area contributed by atoms with Crippen molar-refractivity contribution in [3.05, 3.63) is 18.2 Å². The molecule has 0 fully saturated rings. The van der Waals surface area contributed by atoms with Crippen molar-refractivity contribution in [2.24, 2.45) is 0 Å². The molecule has 3 N–H and O–H groups in total. The van der Waals surface area contributed by atoms with E-state index in [2.05, 4.69) is 20.9 Å². The lowest BCUT2D eigenvalue weighted by Gasteiger charge is -2.06. The fraction of sp³-hybridized carbons (Fsp3) is 0.400. The molecule has 1 aromatic heterocycles. The van der Waals surface area contributed by atoms with Gasteiger partial charge < -0.3 is 16.0 Å². The van der Waals surface area contributed by atoms with Crippen LogP contribution in [-0.2, 0) is 4.79 Å². The van der Waals surface area contributed by atoms with Crippen LogP contribution in [0.15, 0.2) is 18.2 Å². The van der Waals surface area contributed by atoms with Crippen molar-refractivity contribution in [3.63, 3.8) is 0 Å². The van der Waals surface area contributed by atoms with E-state index in [9.17, 15) is 4.79 Å². The number of amides is 1. The molecule has 0 saturated heterocycles. The number of likely N-dealkylation sites (N-methyl/N-ethyl adjacent to an activating group) is 1. The lowest BCUT2D eigenvalue weighted by molar-refractivity contribution is -0.119. The van der Waals surface area contributed by atoms with Gasteiger partial charge in [0.2, 0.25) is 5.91 Å². The molecule has 1 amide bonds. The standard InChI is InChI=1S/C10H16N4O/c1-3-12-10(15)7-13-9-6-4-5-8(11-2)14-9/h4-6H,3,7H2,1-2H3,(H,12,15)(H2,11,13,14). The molecule has 0 aliphatic heterocycles. The second-order valence-corrected chi connectivity index (χ2v) is 2.97. The molecule has 5 nitrogen and oxygen atoms in total. The van der Waals surface area contributed by atoms with Gasteiger partial charge in [0.05, 0.1) is 6.54 Å². The number of carbonyl (C=O) groups is 1. The molecule has 0 atom stereocenters. The highest BCUT2D eigenvalue weighted by Crippen LogP contribution is 2.07. The number of hydrogen-bond acceptors (Lipinski definition) is 4. The highest BCUT2D eigenvalue weighted by Gasteiger charge is 2.00. The third kappa shape index (κ3) is 3.84. The molecule has 0 aliphatic rings. The van der Waals surface area contributed by atoms with Gasteiger partial charge in [-0.25, -0.2) is 4.98 Å². The van der Waals surface area contributed by atoms with Crippen molar-refractivity contribution in [3.8, 4) is 0 Å². The maximum atomic E-state index is 11.2. The topological polar surface area (TPSA) is 66.1 Å². The smallest absolute Gasteiger partial charge is 0.239 e. The number of hydrogen-bond donors (Lipinski definition) is 3. The van der Waals surface area contributed by atoms with Crippen LogP contribution >= 0.6 is 0 Å². The van der Waals surface area contributed by atoms with Crippen LogP contribution in [0.5, 0.6) is 0 Å². The zero-order valence-corrected chi connectivity index (χ0v) is 9.00. The molecule has 0 spiro atoms. The van der Waals surface area contributed by atoms with Gasteiger partial charge in [0, 0.05) is 13.6 Å². The van der Waals surface area contributed by atoms with Crippen molar-refractivity contribution in [1.82, 2.24) is 10.3 Å². The second kappa shape index (κ2) is 5.85. The first-order valence-electron chi connectivity index (χ1n) is 4.91.